The lowest BCUT2D eigenvalue weighted by atomic mass is 10.1. The zero-order valence-electron chi connectivity index (χ0n) is 9.42. The summed E-state index contributed by atoms with van der Waals surface area (Å²) in [4.78, 5) is 11.7. The molecular formula is C13H16N2O. The minimum Gasteiger partial charge on any atom is -0.303 e. The average Bonchev–Trinajstić information content (AvgIpc) is 3.09. The first-order valence-electron chi connectivity index (χ1n) is 5.48. The fraction of sp³-hybridized carbons (Fsp3) is 0.308. The highest BCUT2D eigenvalue weighted by atomic mass is 16.2. The molecule has 1 aromatic carbocycles. The van der Waals surface area contributed by atoms with Crippen molar-refractivity contribution in [1.29, 1.82) is 0 Å². The molecule has 1 fully saturated rings. The number of allylic oxidation sites excluding steroid dienone is 1. The summed E-state index contributed by atoms with van der Waals surface area (Å²) in [7, 11) is 0. The van der Waals surface area contributed by atoms with Gasteiger partial charge < -0.3 is 5.43 Å². The van der Waals surface area contributed by atoms with Crippen LogP contribution in [-0.4, -0.2) is 5.91 Å². The van der Waals surface area contributed by atoms with Crippen LogP contribution in [0.25, 0.3) is 0 Å². The summed E-state index contributed by atoms with van der Waals surface area (Å²) in [5.41, 5.74) is 8.17. The topological polar surface area (TPSA) is 41.1 Å². The molecule has 3 nitrogen and oxygen atoms in total. The monoisotopic (exact) mass is 216 g/mol. The number of benzene rings is 1. The standard InChI is InChI=1S/C13H16N2O/c1-9-4-3-5-12(8-9)13(16)15-14-10(2)11-6-7-11/h3-5,8,11,14H,2,6-7H2,1H3,(H,15,16). The van der Waals surface area contributed by atoms with Crippen molar-refractivity contribution >= 4 is 5.91 Å². The van der Waals surface area contributed by atoms with Gasteiger partial charge in [0.25, 0.3) is 5.91 Å². The molecule has 0 heterocycles. The zero-order chi connectivity index (χ0) is 11.5. The van der Waals surface area contributed by atoms with Gasteiger partial charge in [-0.1, -0.05) is 24.3 Å². The summed E-state index contributed by atoms with van der Waals surface area (Å²) in [5.74, 6) is 0.420. The molecule has 0 bridgehead atoms. The summed E-state index contributed by atoms with van der Waals surface area (Å²) < 4.78 is 0. The normalized spacial score (nSPS) is 14.3. The van der Waals surface area contributed by atoms with E-state index < -0.39 is 0 Å². The van der Waals surface area contributed by atoms with Crippen molar-refractivity contribution in [2.45, 2.75) is 19.8 Å². The van der Waals surface area contributed by atoms with Gasteiger partial charge in [-0.2, -0.15) is 0 Å². The molecule has 3 heteroatoms. The third-order valence-electron chi connectivity index (χ3n) is 2.69. The van der Waals surface area contributed by atoms with E-state index in [9.17, 15) is 4.79 Å². The van der Waals surface area contributed by atoms with Crippen LogP contribution in [0.1, 0.15) is 28.8 Å². The van der Waals surface area contributed by atoms with E-state index in [4.69, 9.17) is 0 Å². The number of aryl methyl sites for hydroxylation is 1. The summed E-state index contributed by atoms with van der Waals surface area (Å²) in [6, 6.07) is 7.49. The third kappa shape index (κ3) is 2.63. The van der Waals surface area contributed by atoms with E-state index in [0.717, 1.165) is 11.3 Å². The van der Waals surface area contributed by atoms with E-state index in [1.165, 1.54) is 12.8 Å². The maximum atomic E-state index is 11.7. The predicted octanol–water partition coefficient (Wildman–Crippen LogP) is 2.15. The number of hydrogen-bond acceptors (Lipinski definition) is 2. The van der Waals surface area contributed by atoms with Crippen molar-refractivity contribution in [3.63, 3.8) is 0 Å². The molecule has 1 aliphatic carbocycles. The van der Waals surface area contributed by atoms with Crippen LogP contribution < -0.4 is 10.9 Å². The SMILES string of the molecule is C=C(NNC(=O)c1cccc(C)c1)C1CC1. The zero-order valence-corrected chi connectivity index (χ0v) is 9.42. The molecule has 1 aromatic rings. The summed E-state index contributed by atoms with van der Waals surface area (Å²) in [5, 5.41) is 0. The molecule has 16 heavy (non-hydrogen) atoms. The van der Waals surface area contributed by atoms with E-state index >= 15 is 0 Å². The van der Waals surface area contributed by atoms with Gasteiger partial charge in [0.1, 0.15) is 0 Å². The van der Waals surface area contributed by atoms with Gasteiger partial charge in [-0.25, -0.2) is 0 Å². The lowest BCUT2D eigenvalue weighted by Crippen LogP contribution is -2.36. The van der Waals surface area contributed by atoms with Crippen LogP contribution in [0.5, 0.6) is 0 Å². The number of carbonyl (C=O) groups is 1. The average molecular weight is 216 g/mol. The second kappa shape index (κ2) is 4.39. The maximum absolute atomic E-state index is 11.7. The van der Waals surface area contributed by atoms with Crippen molar-refractivity contribution in [1.82, 2.24) is 10.9 Å². The van der Waals surface area contributed by atoms with Gasteiger partial charge >= 0.3 is 0 Å². The van der Waals surface area contributed by atoms with Crippen LogP contribution in [0.15, 0.2) is 36.5 Å². The molecule has 1 aliphatic rings. The highest BCUT2D eigenvalue weighted by Gasteiger charge is 2.24. The Hall–Kier alpha value is -1.77. The van der Waals surface area contributed by atoms with E-state index in [0.29, 0.717) is 11.5 Å². The first-order chi connectivity index (χ1) is 7.66. The molecule has 2 rings (SSSR count). The smallest absolute Gasteiger partial charge is 0.269 e. The van der Waals surface area contributed by atoms with Crippen molar-refractivity contribution in [3.8, 4) is 0 Å². The van der Waals surface area contributed by atoms with Crippen molar-refractivity contribution in [2.75, 3.05) is 0 Å². The number of hydrogen-bond donors (Lipinski definition) is 2. The van der Waals surface area contributed by atoms with Crippen LogP contribution in [0.4, 0.5) is 0 Å². The fourth-order valence-electron chi connectivity index (χ4n) is 1.53. The minimum atomic E-state index is -0.120. The molecule has 0 aliphatic heterocycles. The molecule has 0 atom stereocenters. The van der Waals surface area contributed by atoms with Crippen molar-refractivity contribution in [2.24, 2.45) is 5.92 Å². The van der Waals surface area contributed by atoms with Gasteiger partial charge in [0.15, 0.2) is 0 Å². The van der Waals surface area contributed by atoms with Crippen molar-refractivity contribution < 1.29 is 4.79 Å². The maximum Gasteiger partial charge on any atom is 0.269 e. The quantitative estimate of drug-likeness (QED) is 0.757. The predicted molar refractivity (Wildman–Crippen MR) is 63.6 cm³/mol. The lowest BCUT2D eigenvalue weighted by molar-refractivity contribution is 0.0938. The molecular weight excluding hydrogens is 200 g/mol. The van der Waals surface area contributed by atoms with E-state index in [1.807, 2.05) is 25.1 Å². The van der Waals surface area contributed by atoms with E-state index in [-0.39, 0.29) is 5.91 Å². The van der Waals surface area contributed by atoms with Gasteiger partial charge in [-0.15, -0.1) is 0 Å². The van der Waals surface area contributed by atoms with Gasteiger partial charge in [0.2, 0.25) is 0 Å². The molecule has 2 N–H and O–H groups in total. The molecule has 0 radical (unpaired) electrons. The second-order valence-corrected chi connectivity index (χ2v) is 4.25. The van der Waals surface area contributed by atoms with Crippen LogP contribution >= 0.6 is 0 Å². The number of rotatable bonds is 4. The Balaban J connectivity index is 1.89. The third-order valence-corrected chi connectivity index (χ3v) is 2.69. The summed E-state index contributed by atoms with van der Waals surface area (Å²) in [6.07, 6.45) is 2.35. The Morgan fingerprint density at radius 1 is 1.38 bits per heavy atom. The minimum absolute atomic E-state index is 0.120. The number of nitrogens with one attached hydrogen (secondary N) is 2. The molecule has 0 spiro atoms. The molecule has 1 amide bonds. The van der Waals surface area contributed by atoms with Crippen LogP contribution in [-0.2, 0) is 0 Å². The van der Waals surface area contributed by atoms with Crippen LogP contribution in [0, 0.1) is 12.8 Å². The lowest BCUT2D eigenvalue weighted by Gasteiger charge is -2.10. The largest absolute Gasteiger partial charge is 0.303 e. The van der Waals surface area contributed by atoms with E-state index in [2.05, 4.69) is 17.4 Å². The van der Waals surface area contributed by atoms with Gasteiger partial charge in [0, 0.05) is 11.3 Å². The van der Waals surface area contributed by atoms with Gasteiger partial charge in [-0.05, 0) is 37.8 Å². The van der Waals surface area contributed by atoms with E-state index in [1.54, 1.807) is 6.07 Å². The van der Waals surface area contributed by atoms with Crippen LogP contribution in [0.3, 0.4) is 0 Å². The first-order valence-corrected chi connectivity index (χ1v) is 5.48. The Morgan fingerprint density at radius 2 is 2.12 bits per heavy atom. The van der Waals surface area contributed by atoms with Gasteiger partial charge in [0.05, 0.1) is 0 Å². The molecule has 84 valence electrons. The van der Waals surface area contributed by atoms with Crippen molar-refractivity contribution in [3.05, 3.63) is 47.7 Å². The van der Waals surface area contributed by atoms with Crippen LogP contribution in [0.2, 0.25) is 0 Å². The Kier molecular flexibility index (Phi) is 2.95. The number of carbonyl (C=O) groups excluding carboxylic acids is 1. The fourth-order valence-corrected chi connectivity index (χ4v) is 1.53. The second-order valence-electron chi connectivity index (χ2n) is 4.25. The first kappa shape index (κ1) is 10.7. The highest BCUT2D eigenvalue weighted by Crippen LogP contribution is 2.33. The number of hydrazine groups is 1. The Labute approximate surface area is 95.5 Å². The highest BCUT2D eigenvalue weighted by molar-refractivity contribution is 5.94. The van der Waals surface area contributed by atoms with Gasteiger partial charge in [-0.3, -0.25) is 10.2 Å². The molecule has 0 unspecified atom stereocenters. The number of amides is 1. The molecule has 1 saturated carbocycles. The Bertz CT molecular complexity index is 422. The Morgan fingerprint density at radius 3 is 2.75 bits per heavy atom. The molecule has 0 aromatic heterocycles. The molecule has 0 saturated heterocycles. The summed E-state index contributed by atoms with van der Waals surface area (Å²) >= 11 is 0. The summed E-state index contributed by atoms with van der Waals surface area (Å²) in [6.45, 7) is 5.84.